The molecule has 2 heterocycles. The van der Waals surface area contributed by atoms with Gasteiger partial charge >= 0.3 is 0 Å². The van der Waals surface area contributed by atoms with Crippen molar-refractivity contribution < 1.29 is 14.1 Å². The summed E-state index contributed by atoms with van der Waals surface area (Å²) in [5.41, 5.74) is 6.64. The normalized spacial score (nSPS) is 11.8. The molecule has 0 radical (unpaired) electrons. The standard InChI is InChI=1S/C19H21N5O3/c1-3-15(19(26)20-17-12-13(2)27-23-17)21-22-18(25)14-8-4-5-9-16(14)24-10-6-7-11-24/h4-12,15,21H,3H2,1-2H3,(H,22,25)(H,20,23,26)/t15-/m0/s1. The van der Waals surface area contributed by atoms with E-state index in [0.29, 0.717) is 23.6 Å². The molecule has 140 valence electrons. The summed E-state index contributed by atoms with van der Waals surface area (Å²) in [6, 6.07) is 12.0. The van der Waals surface area contributed by atoms with Crippen LogP contribution in [-0.4, -0.2) is 27.6 Å². The van der Waals surface area contributed by atoms with Gasteiger partial charge in [-0.15, -0.1) is 0 Å². The van der Waals surface area contributed by atoms with Gasteiger partial charge in [0.05, 0.1) is 11.3 Å². The van der Waals surface area contributed by atoms with Gasteiger partial charge in [-0.05, 0) is 37.6 Å². The molecule has 1 aromatic carbocycles. The predicted molar refractivity (Wildman–Crippen MR) is 100 cm³/mol. The molecule has 0 fully saturated rings. The minimum atomic E-state index is -0.621. The summed E-state index contributed by atoms with van der Waals surface area (Å²) in [6.07, 6.45) is 4.20. The minimum Gasteiger partial charge on any atom is -0.360 e. The third kappa shape index (κ3) is 4.42. The second kappa shape index (κ2) is 8.33. The largest absolute Gasteiger partial charge is 0.360 e. The Hall–Kier alpha value is -3.39. The summed E-state index contributed by atoms with van der Waals surface area (Å²) >= 11 is 0. The fraction of sp³-hybridized carbons (Fsp3) is 0.211. The molecule has 27 heavy (non-hydrogen) atoms. The van der Waals surface area contributed by atoms with Crippen LogP contribution in [0.1, 0.15) is 29.5 Å². The van der Waals surface area contributed by atoms with Crippen molar-refractivity contribution in [1.82, 2.24) is 20.6 Å². The summed E-state index contributed by atoms with van der Waals surface area (Å²) in [5, 5.41) is 6.38. The fourth-order valence-electron chi connectivity index (χ4n) is 2.60. The summed E-state index contributed by atoms with van der Waals surface area (Å²) in [4.78, 5) is 25.0. The molecular formula is C19H21N5O3. The molecule has 0 bridgehead atoms. The molecule has 0 saturated heterocycles. The van der Waals surface area contributed by atoms with Gasteiger partial charge < -0.3 is 14.4 Å². The van der Waals surface area contributed by atoms with Crippen molar-refractivity contribution in [1.29, 1.82) is 0 Å². The maximum atomic E-state index is 12.6. The van der Waals surface area contributed by atoms with Crippen molar-refractivity contribution in [3.05, 3.63) is 66.2 Å². The molecule has 0 aliphatic rings. The van der Waals surface area contributed by atoms with E-state index < -0.39 is 6.04 Å². The highest BCUT2D eigenvalue weighted by molar-refractivity contribution is 5.98. The lowest BCUT2D eigenvalue weighted by molar-refractivity contribution is -0.118. The zero-order chi connectivity index (χ0) is 19.2. The van der Waals surface area contributed by atoms with Crippen LogP contribution in [0.2, 0.25) is 0 Å². The Morgan fingerprint density at radius 2 is 1.93 bits per heavy atom. The van der Waals surface area contributed by atoms with Gasteiger partial charge in [0.25, 0.3) is 5.91 Å². The highest BCUT2D eigenvalue weighted by Crippen LogP contribution is 2.14. The molecular weight excluding hydrogens is 346 g/mol. The molecule has 8 heteroatoms. The van der Waals surface area contributed by atoms with Crippen molar-refractivity contribution >= 4 is 17.6 Å². The van der Waals surface area contributed by atoms with Crippen LogP contribution < -0.4 is 16.2 Å². The fourth-order valence-corrected chi connectivity index (χ4v) is 2.60. The van der Waals surface area contributed by atoms with Gasteiger partial charge in [0, 0.05) is 18.5 Å². The molecule has 1 atom stereocenters. The van der Waals surface area contributed by atoms with Crippen molar-refractivity contribution in [2.24, 2.45) is 0 Å². The molecule has 0 aliphatic heterocycles. The molecule has 3 rings (SSSR count). The number of rotatable bonds is 7. The van der Waals surface area contributed by atoms with Crippen LogP contribution in [0.5, 0.6) is 0 Å². The SMILES string of the molecule is CC[C@H](NNC(=O)c1ccccc1-n1cccc1)C(=O)Nc1cc(C)on1. The van der Waals surface area contributed by atoms with E-state index in [2.05, 4.69) is 21.3 Å². The van der Waals surface area contributed by atoms with Crippen LogP contribution in [0.15, 0.2) is 59.4 Å². The molecule has 8 nitrogen and oxygen atoms in total. The Kier molecular flexibility index (Phi) is 5.68. The van der Waals surface area contributed by atoms with Crippen LogP contribution in [0, 0.1) is 6.92 Å². The number of carbonyl (C=O) groups excluding carboxylic acids is 2. The average molecular weight is 367 g/mol. The van der Waals surface area contributed by atoms with Crippen molar-refractivity contribution in [2.75, 3.05) is 5.32 Å². The molecule has 3 N–H and O–H groups in total. The number of benzene rings is 1. The molecule has 0 aliphatic carbocycles. The maximum absolute atomic E-state index is 12.6. The molecule has 0 spiro atoms. The van der Waals surface area contributed by atoms with Crippen molar-refractivity contribution in [3.63, 3.8) is 0 Å². The molecule has 2 amide bonds. The Balaban J connectivity index is 1.65. The average Bonchev–Trinajstić information content (AvgIpc) is 3.34. The van der Waals surface area contributed by atoms with E-state index in [1.807, 2.05) is 48.1 Å². The van der Waals surface area contributed by atoms with E-state index in [0.717, 1.165) is 5.69 Å². The monoisotopic (exact) mass is 367 g/mol. The molecule has 3 aromatic rings. The van der Waals surface area contributed by atoms with Gasteiger partial charge in [0.1, 0.15) is 11.8 Å². The number of aryl methyl sites for hydroxylation is 1. The number of aromatic nitrogens is 2. The van der Waals surface area contributed by atoms with E-state index in [9.17, 15) is 9.59 Å². The lowest BCUT2D eigenvalue weighted by Gasteiger charge is -2.17. The number of carbonyl (C=O) groups is 2. The number of para-hydroxylation sites is 1. The highest BCUT2D eigenvalue weighted by Gasteiger charge is 2.19. The van der Waals surface area contributed by atoms with Crippen LogP contribution in [0.25, 0.3) is 5.69 Å². The van der Waals surface area contributed by atoms with Crippen LogP contribution in [-0.2, 0) is 4.79 Å². The summed E-state index contributed by atoms with van der Waals surface area (Å²) < 4.78 is 6.78. The number of hydrogen-bond acceptors (Lipinski definition) is 5. The molecule has 0 saturated carbocycles. The van der Waals surface area contributed by atoms with Gasteiger partial charge in [-0.1, -0.05) is 24.2 Å². The van der Waals surface area contributed by atoms with E-state index in [-0.39, 0.29) is 11.8 Å². The Morgan fingerprint density at radius 3 is 2.59 bits per heavy atom. The highest BCUT2D eigenvalue weighted by atomic mass is 16.5. The maximum Gasteiger partial charge on any atom is 0.267 e. The quantitative estimate of drug-likeness (QED) is 0.557. The summed E-state index contributed by atoms with van der Waals surface area (Å²) in [6.45, 7) is 3.58. The topological polar surface area (TPSA) is 101 Å². The zero-order valence-corrected chi connectivity index (χ0v) is 15.1. The van der Waals surface area contributed by atoms with Crippen LogP contribution in [0.3, 0.4) is 0 Å². The second-order valence-electron chi connectivity index (χ2n) is 5.98. The molecule has 2 aromatic heterocycles. The van der Waals surface area contributed by atoms with E-state index in [1.165, 1.54) is 0 Å². The number of anilines is 1. The van der Waals surface area contributed by atoms with Crippen LogP contribution in [0.4, 0.5) is 5.82 Å². The first-order valence-corrected chi connectivity index (χ1v) is 8.61. The number of amides is 2. The van der Waals surface area contributed by atoms with Crippen molar-refractivity contribution in [2.45, 2.75) is 26.3 Å². The third-order valence-electron chi connectivity index (χ3n) is 4.00. The number of hydrogen-bond donors (Lipinski definition) is 3. The number of nitrogens with zero attached hydrogens (tertiary/aromatic N) is 2. The van der Waals surface area contributed by atoms with Crippen LogP contribution >= 0.6 is 0 Å². The Labute approximate surface area is 156 Å². The van der Waals surface area contributed by atoms with Gasteiger partial charge in [0.2, 0.25) is 5.91 Å². The van der Waals surface area contributed by atoms with Gasteiger partial charge in [-0.2, -0.15) is 0 Å². The minimum absolute atomic E-state index is 0.315. The lowest BCUT2D eigenvalue weighted by Crippen LogP contribution is -2.49. The Bertz CT molecular complexity index is 917. The van der Waals surface area contributed by atoms with Gasteiger partial charge in [-0.25, -0.2) is 5.43 Å². The smallest absolute Gasteiger partial charge is 0.267 e. The summed E-state index contributed by atoms with van der Waals surface area (Å²) in [7, 11) is 0. The third-order valence-corrected chi connectivity index (χ3v) is 4.00. The first-order chi connectivity index (χ1) is 13.1. The summed E-state index contributed by atoms with van der Waals surface area (Å²) in [5.74, 6) is 0.288. The lowest BCUT2D eigenvalue weighted by atomic mass is 10.1. The second-order valence-corrected chi connectivity index (χ2v) is 5.98. The first-order valence-electron chi connectivity index (χ1n) is 8.61. The van der Waals surface area contributed by atoms with E-state index in [1.54, 1.807) is 25.1 Å². The number of nitrogens with one attached hydrogen (secondary N) is 3. The predicted octanol–water partition coefficient (Wildman–Crippen LogP) is 2.43. The number of hydrazine groups is 1. The zero-order valence-electron chi connectivity index (χ0n) is 15.1. The van der Waals surface area contributed by atoms with E-state index >= 15 is 0 Å². The molecule has 0 unspecified atom stereocenters. The van der Waals surface area contributed by atoms with Gasteiger partial charge in [0.15, 0.2) is 5.82 Å². The van der Waals surface area contributed by atoms with E-state index in [4.69, 9.17) is 4.52 Å². The van der Waals surface area contributed by atoms with Gasteiger partial charge in [-0.3, -0.25) is 15.0 Å². The first kappa shape index (κ1) is 18.4. The van der Waals surface area contributed by atoms with Crippen molar-refractivity contribution in [3.8, 4) is 5.69 Å². The Morgan fingerprint density at radius 1 is 1.19 bits per heavy atom.